The highest BCUT2D eigenvalue weighted by Crippen LogP contribution is 2.36. The third kappa shape index (κ3) is 4.13. The number of nitro benzene ring substituents is 1. The van der Waals surface area contributed by atoms with Crippen molar-refractivity contribution >= 4 is 21.6 Å². The molecule has 0 atom stereocenters. The number of rotatable bonds is 1. The Balaban J connectivity index is 0.000000583. The van der Waals surface area contributed by atoms with Crippen LogP contribution in [0.2, 0.25) is 0 Å². The minimum atomic E-state index is -0.663. The van der Waals surface area contributed by atoms with Crippen molar-refractivity contribution < 1.29 is 19.9 Å². The van der Waals surface area contributed by atoms with E-state index in [0.717, 1.165) is 12.1 Å². The molecule has 0 aromatic heterocycles. The van der Waals surface area contributed by atoms with Crippen LogP contribution >= 0.6 is 15.9 Å². The fraction of sp³-hybridized carbons (Fsp3) is 0.250. The number of phenols is 2. The van der Waals surface area contributed by atoms with Crippen molar-refractivity contribution in [2.45, 2.75) is 0 Å². The summed E-state index contributed by atoms with van der Waals surface area (Å²) in [6, 6.07) is 1.98. The summed E-state index contributed by atoms with van der Waals surface area (Å²) in [4.78, 5) is 9.55. The first-order chi connectivity index (χ1) is 6.93. The monoisotopic (exact) mass is 279 g/mol. The summed E-state index contributed by atoms with van der Waals surface area (Å²) in [5, 5.41) is 28.1. The molecular weight excluding hydrogens is 270 g/mol. The van der Waals surface area contributed by atoms with Gasteiger partial charge in [0.05, 0.1) is 15.5 Å². The molecule has 0 heterocycles. The number of methoxy groups -OCH3 is 1. The Bertz CT molecular complexity index is 332. The topological polar surface area (TPSA) is 92.8 Å². The van der Waals surface area contributed by atoms with Crippen LogP contribution in [-0.4, -0.2) is 29.4 Å². The highest BCUT2D eigenvalue weighted by atomic mass is 79.9. The van der Waals surface area contributed by atoms with Gasteiger partial charge >= 0.3 is 0 Å². The van der Waals surface area contributed by atoms with Crippen LogP contribution in [0.5, 0.6) is 11.5 Å². The van der Waals surface area contributed by atoms with E-state index in [9.17, 15) is 10.1 Å². The minimum absolute atomic E-state index is 0.0919. The first kappa shape index (κ1) is 13.7. The number of benzene rings is 1. The van der Waals surface area contributed by atoms with Gasteiger partial charge in [0.25, 0.3) is 5.69 Å². The lowest BCUT2D eigenvalue weighted by molar-refractivity contribution is -0.385. The highest BCUT2D eigenvalue weighted by Gasteiger charge is 2.13. The molecule has 84 valence electrons. The van der Waals surface area contributed by atoms with Crippen molar-refractivity contribution in [3.63, 3.8) is 0 Å². The van der Waals surface area contributed by atoms with Crippen LogP contribution in [0, 0.1) is 10.1 Å². The molecule has 0 aliphatic heterocycles. The Kier molecular flexibility index (Phi) is 5.65. The zero-order valence-corrected chi connectivity index (χ0v) is 9.69. The van der Waals surface area contributed by atoms with E-state index in [1.165, 1.54) is 0 Å². The second kappa shape index (κ2) is 6.20. The molecule has 0 aliphatic carbocycles. The van der Waals surface area contributed by atoms with Crippen molar-refractivity contribution in [1.82, 2.24) is 0 Å². The number of non-ortho nitro benzene ring substituents is 1. The number of hydrogen-bond donors (Lipinski definition) is 2. The van der Waals surface area contributed by atoms with E-state index in [1.807, 2.05) is 0 Å². The molecule has 0 bridgehead atoms. The van der Waals surface area contributed by atoms with Gasteiger partial charge in [-0.25, -0.2) is 0 Å². The summed E-state index contributed by atoms with van der Waals surface area (Å²) in [6.45, 7) is 0. The van der Waals surface area contributed by atoms with Gasteiger partial charge in [-0.05, 0) is 15.9 Å². The molecule has 0 saturated carbocycles. The lowest BCUT2D eigenvalue weighted by Gasteiger charge is -1.99. The molecule has 15 heavy (non-hydrogen) atoms. The van der Waals surface area contributed by atoms with Gasteiger partial charge in [0.15, 0.2) is 11.5 Å². The summed E-state index contributed by atoms with van der Waals surface area (Å²) < 4.78 is 4.34. The number of hydrogen-bond acceptors (Lipinski definition) is 5. The maximum atomic E-state index is 10.2. The number of ether oxygens (including phenoxy) is 1. The van der Waals surface area contributed by atoms with Gasteiger partial charge < -0.3 is 14.9 Å². The van der Waals surface area contributed by atoms with Gasteiger partial charge in [0.2, 0.25) is 0 Å². The Morgan fingerprint density at radius 3 is 2.20 bits per heavy atom. The van der Waals surface area contributed by atoms with Gasteiger partial charge in [-0.15, -0.1) is 0 Å². The fourth-order valence-corrected chi connectivity index (χ4v) is 1.11. The van der Waals surface area contributed by atoms with Crippen molar-refractivity contribution in [2.75, 3.05) is 14.2 Å². The van der Waals surface area contributed by atoms with Gasteiger partial charge in [-0.3, -0.25) is 10.1 Å². The second-order valence-electron chi connectivity index (χ2n) is 2.46. The molecule has 0 saturated heterocycles. The van der Waals surface area contributed by atoms with Crippen LogP contribution < -0.4 is 0 Å². The molecule has 6 nitrogen and oxygen atoms in total. The van der Waals surface area contributed by atoms with Gasteiger partial charge in [0, 0.05) is 20.3 Å². The number of aromatic hydroxyl groups is 2. The summed E-state index contributed by atoms with van der Waals surface area (Å²) in [5.41, 5.74) is -0.280. The normalized spacial score (nSPS) is 9.00. The van der Waals surface area contributed by atoms with E-state index in [4.69, 9.17) is 10.2 Å². The quantitative estimate of drug-likeness (QED) is 0.466. The van der Waals surface area contributed by atoms with E-state index < -0.39 is 16.4 Å². The van der Waals surface area contributed by atoms with Crippen molar-refractivity contribution in [3.05, 3.63) is 26.7 Å². The minimum Gasteiger partial charge on any atom is -0.504 e. The lowest BCUT2D eigenvalue weighted by atomic mass is 10.3. The predicted octanol–water partition coefficient (Wildman–Crippen LogP) is 2.03. The van der Waals surface area contributed by atoms with Gasteiger partial charge in [-0.1, -0.05) is 0 Å². The SMILES string of the molecule is COC.O=[N+]([O-])c1cc(O)c(O)c(Br)c1. The van der Waals surface area contributed by atoms with Crippen LogP contribution in [-0.2, 0) is 4.74 Å². The number of phenolic OH excluding ortho intramolecular Hbond substituents is 2. The zero-order chi connectivity index (χ0) is 12.0. The summed E-state index contributed by atoms with van der Waals surface area (Å²) in [6.07, 6.45) is 0. The third-order valence-corrected chi connectivity index (χ3v) is 1.84. The van der Waals surface area contributed by atoms with E-state index in [1.54, 1.807) is 14.2 Å². The summed E-state index contributed by atoms with van der Waals surface area (Å²) in [7, 11) is 3.25. The molecule has 7 heteroatoms. The maximum Gasteiger partial charge on any atom is 0.274 e. The molecule has 1 aromatic rings. The van der Waals surface area contributed by atoms with Crippen LogP contribution in [0.15, 0.2) is 16.6 Å². The number of halogens is 1. The van der Waals surface area contributed by atoms with E-state index >= 15 is 0 Å². The average molecular weight is 280 g/mol. The highest BCUT2D eigenvalue weighted by molar-refractivity contribution is 9.10. The Morgan fingerprint density at radius 1 is 1.40 bits per heavy atom. The van der Waals surface area contributed by atoms with Crippen LogP contribution in [0.1, 0.15) is 0 Å². The first-order valence-electron chi connectivity index (χ1n) is 3.70. The second-order valence-corrected chi connectivity index (χ2v) is 3.32. The molecular formula is C8H10BrNO5. The van der Waals surface area contributed by atoms with Gasteiger partial charge in [0.1, 0.15) is 0 Å². The molecule has 2 N–H and O–H groups in total. The Morgan fingerprint density at radius 2 is 1.87 bits per heavy atom. The fourth-order valence-electron chi connectivity index (χ4n) is 0.676. The van der Waals surface area contributed by atoms with E-state index in [-0.39, 0.29) is 10.2 Å². The predicted molar refractivity (Wildman–Crippen MR) is 57.1 cm³/mol. The third-order valence-electron chi connectivity index (χ3n) is 1.24. The standard InChI is InChI=1S/C6H4BrNO4.C2H6O/c7-4-1-3(8(11)12)2-5(9)6(4)10;1-3-2/h1-2,9-10H;1-2H3. The summed E-state index contributed by atoms with van der Waals surface area (Å²) >= 11 is 2.85. The van der Waals surface area contributed by atoms with Crippen molar-refractivity contribution in [2.24, 2.45) is 0 Å². The molecule has 1 rings (SSSR count). The number of nitro groups is 1. The number of nitrogens with zero attached hydrogens (tertiary/aromatic N) is 1. The Hall–Kier alpha value is -1.34. The summed E-state index contributed by atoms with van der Waals surface area (Å²) in [5.74, 6) is -0.920. The van der Waals surface area contributed by atoms with Gasteiger partial charge in [-0.2, -0.15) is 0 Å². The van der Waals surface area contributed by atoms with Crippen molar-refractivity contribution in [1.29, 1.82) is 0 Å². The zero-order valence-electron chi connectivity index (χ0n) is 8.10. The Labute approximate surface area is 94.4 Å². The smallest absolute Gasteiger partial charge is 0.274 e. The van der Waals surface area contributed by atoms with E-state index in [2.05, 4.69) is 20.7 Å². The average Bonchev–Trinajstić information content (AvgIpc) is 2.14. The molecule has 0 fully saturated rings. The first-order valence-corrected chi connectivity index (χ1v) is 4.49. The molecule has 0 amide bonds. The molecule has 0 radical (unpaired) electrons. The van der Waals surface area contributed by atoms with Crippen LogP contribution in [0.25, 0.3) is 0 Å². The van der Waals surface area contributed by atoms with Crippen LogP contribution in [0.3, 0.4) is 0 Å². The van der Waals surface area contributed by atoms with Crippen LogP contribution in [0.4, 0.5) is 5.69 Å². The maximum absolute atomic E-state index is 10.2. The van der Waals surface area contributed by atoms with E-state index in [0.29, 0.717) is 0 Å². The molecule has 0 spiro atoms. The molecule has 0 unspecified atom stereocenters. The largest absolute Gasteiger partial charge is 0.504 e. The molecule has 1 aromatic carbocycles. The van der Waals surface area contributed by atoms with Crippen molar-refractivity contribution in [3.8, 4) is 11.5 Å². The molecule has 0 aliphatic rings. The lowest BCUT2D eigenvalue weighted by Crippen LogP contribution is -1.87.